The smallest absolute Gasteiger partial charge is 0.226 e. The molecule has 1 aromatic heterocycles. The average molecular weight is 461 g/mol. The van der Waals surface area contributed by atoms with E-state index in [1.165, 1.54) is 0 Å². The van der Waals surface area contributed by atoms with Gasteiger partial charge in [0.05, 0.1) is 21.3 Å². The Kier molecular flexibility index (Phi) is 5.31. The maximum Gasteiger partial charge on any atom is 0.226 e. The van der Waals surface area contributed by atoms with Crippen LogP contribution in [0.3, 0.4) is 0 Å². The van der Waals surface area contributed by atoms with Gasteiger partial charge in [-0.25, -0.2) is 4.68 Å². The maximum absolute atomic E-state index is 13.4. The highest BCUT2D eigenvalue weighted by Gasteiger charge is 2.42. The number of hydrogen-bond acceptors (Lipinski definition) is 7. The molecular formula is C26H28N4O4. The number of allylic oxidation sites excluding steroid dienone is 2. The molecular weight excluding hydrogens is 432 g/mol. The molecule has 0 radical (unpaired) electrons. The number of benzene rings is 2. The van der Waals surface area contributed by atoms with Gasteiger partial charge in [-0.2, -0.15) is 4.98 Å². The Morgan fingerprint density at radius 3 is 2.38 bits per heavy atom. The maximum atomic E-state index is 13.4. The monoisotopic (exact) mass is 460 g/mol. The van der Waals surface area contributed by atoms with E-state index in [0.29, 0.717) is 29.7 Å². The van der Waals surface area contributed by atoms with E-state index in [-0.39, 0.29) is 11.2 Å². The molecule has 34 heavy (non-hydrogen) atoms. The molecule has 0 bridgehead atoms. The lowest BCUT2D eigenvalue weighted by Crippen LogP contribution is -2.36. The second-order valence-electron chi connectivity index (χ2n) is 9.41. The van der Waals surface area contributed by atoms with Gasteiger partial charge in [-0.15, -0.1) is 5.10 Å². The van der Waals surface area contributed by atoms with E-state index in [1.807, 2.05) is 42.5 Å². The first-order valence-corrected chi connectivity index (χ1v) is 11.2. The van der Waals surface area contributed by atoms with Crippen molar-refractivity contribution in [1.82, 2.24) is 14.8 Å². The van der Waals surface area contributed by atoms with Gasteiger partial charge in [-0.05, 0) is 53.8 Å². The number of fused-ring (bicyclic) bond motifs is 1. The first kappa shape index (κ1) is 22.0. The van der Waals surface area contributed by atoms with E-state index in [4.69, 9.17) is 24.3 Å². The summed E-state index contributed by atoms with van der Waals surface area (Å²) in [6.45, 7) is 4.23. The third-order valence-corrected chi connectivity index (χ3v) is 6.40. The van der Waals surface area contributed by atoms with Crippen molar-refractivity contribution >= 4 is 11.7 Å². The number of rotatable bonds is 5. The largest absolute Gasteiger partial charge is 0.497 e. The SMILES string of the molecule is COc1ccc(-c2nc3n(n2)[C@@H](c2ccc(OC)c(OC)c2)C2=C(CC(C)(C)CC2=O)N3)cc1. The number of ketones is 1. The summed E-state index contributed by atoms with van der Waals surface area (Å²) < 4.78 is 18.0. The highest BCUT2D eigenvalue weighted by Crippen LogP contribution is 2.46. The Balaban J connectivity index is 1.66. The van der Waals surface area contributed by atoms with Gasteiger partial charge in [0.25, 0.3) is 0 Å². The van der Waals surface area contributed by atoms with Crippen molar-refractivity contribution < 1.29 is 19.0 Å². The molecule has 0 saturated heterocycles. The number of aromatic nitrogens is 3. The number of hydrogen-bond donors (Lipinski definition) is 1. The highest BCUT2D eigenvalue weighted by molar-refractivity contribution is 6.00. The molecule has 8 nitrogen and oxygen atoms in total. The number of carbonyl (C=O) groups excluding carboxylic acids is 1. The third kappa shape index (κ3) is 3.69. The minimum Gasteiger partial charge on any atom is -0.497 e. The molecule has 2 aromatic carbocycles. The van der Waals surface area contributed by atoms with Gasteiger partial charge in [0.1, 0.15) is 11.8 Å². The van der Waals surface area contributed by atoms with E-state index < -0.39 is 6.04 Å². The summed E-state index contributed by atoms with van der Waals surface area (Å²) in [5.41, 5.74) is 3.24. The number of nitrogens with zero attached hydrogens (tertiary/aromatic N) is 3. The minimum absolute atomic E-state index is 0.116. The highest BCUT2D eigenvalue weighted by atomic mass is 16.5. The van der Waals surface area contributed by atoms with Crippen molar-refractivity contribution in [2.24, 2.45) is 5.41 Å². The summed E-state index contributed by atoms with van der Waals surface area (Å²) in [6, 6.07) is 12.9. The number of ether oxygens (including phenoxy) is 3. The Labute approximate surface area is 198 Å². The molecule has 1 N–H and O–H groups in total. The van der Waals surface area contributed by atoms with Gasteiger partial charge in [0.2, 0.25) is 5.95 Å². The predicted molar refractivity (Wildman–Crippen MR) is 128 cm³/mol. The first-order chi connectivity index (χ1) is 16.3. The molecule has 176 valence electrons. The second-order valence-corrected chi connectivity index (χ2v) is 9.41. The lowest BCUT2D eigenvalue weighted by Gasteiger charge is -2.38. The molecule has 5 rings (SSSR count). The summed E-state index contributed by atoms with van der Waals surface area (Å²) in [5.74, 6) is 3.28. The van der Waals surface area contributed by atoms with Crippen LogP contribution in [0.5, 0.6) is 17.2 Å². The fraction of sp³-hybridized carbons (Fsp3) is 0.346. The molecule has 0 spiro atoms. The molecule has 8 heteroatoms. The molecule has 0 amide bonds. The van der Waals surface area contributed by atoms with Crippen molar-refractivity contribution in [2.45, 2.75) is 32.7 Å². The molecule has 2 heterocycles. The van der Waals surface area contributed by atoms with Gasteiger partial charge in [-0.1, -0.05) is 19.9 Å². The number of methoxy groups -OCH3 is 3. The van der Waals surface area contributed by atoms with E-state index in [1.54, 1.807) is 26.0 Å². The Morgan fingerprint density at radius 1 is 0.971 bits per heavy atom. The molecule has 1 atom stereocenters. The minimum atomic E-state index is -0.422. The molecule has 2 aliphatic rings. The van der Waals surface area contributed by atoms with Crippen molar-refractivity contribution in [2.75, 3.05) is 26.6 Å². The van der Waals surface area contributed by atoms with Crippen molar-refractivity contribution in [1.29, 1.82) is 0 Å². The first-order valence-electron chi connectivity index (χ1n) is 11.2. The molecule has 0 fully saturated rings. The Bertz CT molecular complexity index is 1290. The summed E-state index contributed by atoms with van der Waals surface area (Å²) >= 11 is 0. The van der Waals surface area contributed by atoms with Gasteiger partial charge in [0, 0.05) is 23.3 Å². The van der Waals surface area contributed by atoms with Crippen LogP contribution in [0.15, 0.2) is 53.7 Å². The summed E-state index contributed by atoms with van der Waals surface area (Å²) in [6.07, 6.45) is 1.23. The molecule has 1 aliphatic heterocycles. The van der Waals surface area contributed by atoms with Crippen LogP contribution in [0, 0.1) is 5.41 Å². The fourth-order valence-corrected chi connectivity index (χ4v) is 4.80. The normalized spacial score (nSPS) is 18.6. The number of anilines is 1. The van der Waals surface area contributed by atoms with Crippen molar-refractivity contribution in [3.8, 4) is 28.6 Å². The number of nitrogens with one attached hydrogen (secondary N) is 1. The van der Waals surface area contributed by atoms with Gasteiger partial charge >= 0.3 is 0 Å². The standard InChI is InChI=1S/C26H28N4O4/c1-26(2)13-18-22(19(31)14-26)23(16-8-11-20(33-4)21(12-16)34-5)30-25(27-18)28-24(29-30)15-6-9-17(32-3)10-7-15/h6-12,23H,13-14H2,1-5H3,(H,27,28,29)/t23-/m0/s1. The zero-order chi connectivity index (χ0) is 24.0. The Hall–Kier alpha value is -3.81. The van der Waals surface area contributed by atoms with E-state index in [2.05, 4.69) is 19.2 Å². The van der Waals surface area contributed by atoms with Gasteiger partial charge in [0.15, 0.2) is 23.1 Å². The predicted octanol–water partition coefficient (Wildman–Crippen LogP) is 4.63. The van der Waals surface area contributed by atoms with Crippen molar-refractivity contribution in [3.63, 3.8) is 0 Å². The third-order valence-electron chi connectivity index (χ3n) is 6.40. The number of carbonyl (C=O) groups is 1. The van der Waals surface area contributed by atoms with E-state index in [9.17, 15) is 4.79 Å². The fourth-order valence-electron chi connectivity index (χ4n) is 4.80. The molecule has 1 aliphatic carbocycles. The second kappa shape index (κ2) is 8.20. The zero-order valence-corrected chi connectivity index (χ0v) is 20.0. The van der Waals surface area contributed by atoms with E-state index in [0.717, 1.165) is 34.6 Å². The van der Waals surface area contributed by atoms with Gasteiger partial charge < -0.3 is 19.5 Å². The van der Waals surface area contributed by atoms with Crippen LogP contribution in [0.25, 0.3) is 11.4 Å². The van der Waals surface area contributed by atoms with Gasteiger partial charge in [-0.3, -0.25) is 4.79 Å². The Morgan fingerprint density at radius 2 is 1.71 bits per heavy atom. The molecule has 0 unspecified atom stereocenters. The van der Waals surface area contributed by atoms with Crippen LogP contribution in [0.2, 0.25) is 0 Å². The van der Waals surface area contributed by atoms with Crippen LogP contribution in [-0.4, -0.2) is 41.9 Å². The summed E-state index contributed by atoms with van der Waals surface area (Å²) in [4.78, 5) is 18.2. The molecule has 3 aromatic rings. The summed E-state index contributed by atoms with van der Waals surface area (Å²) in [5, 5.41) is 8.25. The number of Topliss-reactive ketones (excluding diaryl/α,β-unsaturated/α-hetero) is 1. The summed E-state index contributed by atoms with van der Waals surface area (Å²) in [7, 11) is 4.84. The van der Waals surface area contributed by atoms with Crippen LogP contribution in [-0.2, 0) is 4.79 Å². The van der Waals surface area contributed by atoms with Crippen LogP contribution >= 0.6 is 0 Å². The van der Waals surface area contributed by atoms with Crippen molar-refractivity contribution in [3.05, 3.63) is 59.3 Å². The van der Waals surface area contributed by atoms with E-state index >= 15 is 0 Å². The van der Waals surface area contributed by atoms with Crippen LogP contribution < -0.4 is 19.5 Å². The lowest BCUT2D eigenvalue weighted by molar-refractivity contribution is -0.118. The zero-order valence-electron chi connectivity index (χ0n) is 20.0. The van der Waals surface area contributed by atoms with Crippen LogP contribution in [0.1, 0.15) is 38.3 Å². The lowest BCUT2D eigenvalue weighted by atomic mass is 9.73. The molecule has 0 saturated carbocycles. The van der Waals surface area contributed by atoms with Crippen LogP contribution in [0.4, 0.5) is 5.95 Å². The quantitative estimate of drug-likeness (QED) is 0.594. The average Bonchev–Trinajstić information content (AvgIpc) is 3.25. The topological polar surface area (TPSA) is 87.5 Å².